The molecule has 2 aromatic heterocycles. The predicted molar refractivity (Wildman–Crippen MR) is 147 cm³/mol. The van der Waals surface area contributed by atoms with E-state index in [1.165, 1.54) is 12.3 Å². The third kappa shape index (κ3) is 10.4. The number of benzene rings is 1. The lowest BCUT2D eigenvalue weighted by Gasteiger charge is -2.17. The number of anilines is 2. The van der Waals surface area contributed by atoms with Crippen LogP contribution in [0.5, 0.6) is 11.5 Å². The standard InChI is InChI=1S/C26H35N9O4/c1-35(16-17-39-22-7-4-3-6-21(22)38-2)15-5-10-29-25-30-11-8-19(33-25)18-23(36)28-13-14-32-26-31-12-9-20(34-26)24(27)37/h3-4,6-9,11-12H,5,10,13-18H2,1-2H3,(H2,27,37)(H,28,36)(H,29,30,33)(H,31,32,34). The minimum absolute atomic E-state index is 0.117. The summed E-state index contributed by atoms with van der Waals surface area (Å²) >= 11 is 0. The number of rotatable bonds is 17. The predicted octanol–water partition coefficient (Wildman–Crippen LogP) is 0.958. The zero-order chi connectivity index (χ0) is 27.9. The number of primary amides is 1. The summed E-state index contributed by atoms with van der Waals surface area (Å²) in [4.78, 5) is 42.3. The van der Waals surface area contributed by atoms with E-state index in [9.17, 15) is 9.59 Å². The molecule has 0 aliphatic rings. The summed E-state index contributed by atoms with van der Waals surface area (Å²) in [7, 11) is 3.67. The zero-order valence-corrected chi connectivity index (χ0v) is 22.2. The van der Waals surface area contributed by atoms with Crippen LogP contribution in [0, 0.1) is 0 Å². The van der Waals surface area contributed by atoms with Gasteiger partial charge < -0.3 is 36.1 Å². The lowest BCUT2D eigenvalue weighted by molar-refractivity contribution is -0.120. The Morgan fingerprint density at radius 1 is 0.923 bits per heavy atom. The molecular weight excluding hydrogens is 502 g/mol. The number of hydrogen-bond donors (Lipinski definition) is 4. The van der Waals surface area contributed by atoms with Gasteiger partial charge in [-0.1, -0.05) is 12.1 Å². The summed E-state index contributed by atoms with van der Waals surface area (Å²) < 4.78 is 11.1. The van der Waals surface area contributed by atoms with Gasteiger partial charge in [-0.2, -0.15) is 0 Å². The fourth-order valence-electron chi connectivity index (χ4n) is 3.47. The zero-order valence-electron chi connectivity index (χ0n) is 22.2. The molecule has 0 fully saturated rings. The summed E-state index contributed by atoms with van der Waals surface area (Å²) in [6.07, 6.45) is 4.08. The SMILES string of the molecule is COc1ccccc1OCCN(C)CCCNc1nccc(CC(=O)NCCNc2nccc(C(N)=O)n2)n1. The van der Waals surface area contributed by atoms with E-state index in [2.05, 4.69) is 40.8 Å². The van der Waals surface area contributed by atoms with Crippen molar-refractivity contribution in [3.8, 4) is 11.5 Å². The van der Waals surface area contributed by atoms with Crippen molar-refractivity contribution in [3.63, 3.8) is 0 Å². The van der Waals surface area contributed by atoms with E-state index in [0.717, 1.165) is 31.0 Å². The van der Waals surface area contributed by atoms with Gasteiger partial charge in [-0.05, 0) is 44.3 Å². The Hall–Kier alpha value is -4.52. The third-order valence-corrected chi connectivity index (χ3v) is 5.49. The molecule has 5 N–H and O–H groups in total. The Morgan fingerprint density at radius 2 is 1.64 bits per heavy atom. The minimum Gasteiger partial charge on any atom is -0.493 e. The molecule has 0 atom stereocenters. The Labute approximate surface area is 227 Å². The number of methoxy groups -OCH3 is 1. The second-order valence-electron chi connectivity index (χ2n) is 8.54. The van der Waals surface area contributed by atoms with Crippen LogP contribution in [0.4, 0.5) is 11.9 Å². The Morgan fingerprint density at radius 3 is 2.41 bits per heavy atom. The number of aromatic nitrogens is 4. The van der Waals surface area contributed by atoms with Crippen LogP contribution in [-0.4, -0.2) is 90.1 Å². The molecule has 0 unspecified atom stereocenters. The Kier molecular flexibility index (Phi) is 11.7. The number of para-hydroxylation sites is 2. The first-order chi connectivity index (χ1) is 18.9. The lowest BCUT2D eigenvalue weighted by atomic mass is 10.3. The molecule has 13 heteroatoms. The highest BCUT2D eigenvalue weighted by Gasteiger charge is 2.08. The Balaban J connectivity index is 1.29. The van der Waals surface area contributed by atoms with Crippen molar-refractivity contribution in [1.29, 1.82) is 0 Å². The Bertz CT molecular complexity index is 1210. The van der Waals surface area contributed by atoms with Crippen molar-refractivity contribution in [2.75, 3.05) is 64.1 Å². The summed E-state index contributed by atoms with van der Waals surface area (Å²) in [5, 5.41) is 8.94. The highest BCUT2D eigenvalue weighted by atomic mass is 16.5. The van der Waals surface area contributed by atoms with Gasteiger partial charge in [0.2, 0.25) is 17.8 Å². The molecule has 0 aliphatic carbocycles. The van der Waals surface area contributed by atoms with Crippen molar-refractivity contribution in [3.05, 3.63) is 60.2 Å². The van der Waals surface area contributed by atoms with Crippen molar-refractivity contribution in [2.24, 2.45) is 5.73 Å². The number of amides is 2. The third-order valence-electron chi connectivity index (χ3n) is 5.49. The lowest BCUT2D eigenvalue weighted by Crippen LogP contribution is -2.30. The topological polar surface area (TPSA) is 170 Å². The molecule has 208 valence electrons. The van der Waals surface area contributed by atoms with Gasteiger partial charge in [0, 0.05) is 38.6 Å². The van der Waals surface area contributed by atoms with Crippen molar-refractivity contribution >= 4 is 23.7 Å². The van der Waals surface area contributed by atoms with Crippen molar-refractivity contribution in [1.82, 2.24) is 30.2 Å². The number of nitrogens with two attached hydrogens (primary N) is 1. The molecule has 2 amide bonds. The monoisotopic (exact) mass is 537 g/mol. The van der Waals surface area contributed by atoms with E-state index in [0.29, 0.717) is 37.9 Å². The molecular formula is C26H35N9O4. The van der Waals surface area contributed by atoms with E-state index < -0.39 is 5.91 Å². The maximum absolute atomic E-state index is 12.3. The van der Waals surface area contributed by atoms with Gasteiger partial charge in [0.25, 0.3) is 5.91 Å². The summed E-state index contributed by atoms with van der Waals surface area (Å²) in [5.41, 5.74) is 5.94. The molecule has 13 nitrogen and oxygen atoms in total. The van der Waals surface area contributed by atoms with Crippen LogP contribution in [0.25, 0.3) is 0 Å². The van der Waals surface area contributed by atoms with E-state index in [4.69, 9.17) is 15.2 Å². The van der Waals surface area contributed by atoms with Gasteiger partial charge in [0.05, 0.1) is 19.2 Å². The second kappa shape index (κ2) is 15.7. The molecule has 0 radical (unpaired) electrons. The van der Waals surface area contributed by atoms with E-state index in [1.54, 1.807) is 19.4 Å². The van der Waals surface area contributed by atoms with Crippen LogP contribution in [0.2, 0.25) is 0 Å². The molecule has 0 aliphatic heterocycles. The summed E-state index contributed by atoms with van der Waals surface area (Å²) in [6, 6.07) is 10.7. The highest BCUT2D eigenvalue weighted by molar-refractivity contribution is 5.90. The maximum atomic E-state index is 12.3. The first-order valence-corrected chi connectivity index (χ1v) is 12.6. The van der Waals surface area contributed by atoms with E-state index in [-0.39, 0.29) is 24.0 Å². The summed E-state index contributed by atoms with van der Waals surface area (Å²) in [6.45, 7) is 3.63. The number of likely N-dealkylation sites (N-methyl/N-ethyl adjacent to an activating group) is 1. The average molecular weight is 538 g/mol. The number of carbonyl (C=O) groups excluding carboxylic acids is 2. The number of hydrogen-bond acceptors (Lipinski definition) is 11. The van der Waals surface area contributed by atoms with Crippen LogP contribution in [0.15, 0.2) is 48.8 Å². The fraction of sp³-hybridized carbons (Fsp3) is 0.385. The summed E-state index contributed by atoms with van der Waals surface area (Å²) in [5.74, 6) is 1.39. The van der Waals surface area contributed by atoms with Crippen molar-refractivity contribution < 1.29 is 19.1 Å². The maximum Gasteiger partial charge on any atom is 0.267 e. The van der Waals surface area contributed by atoms with Gasteiger partial charge in [-0.3, -0.25) is 9.59 Å². The quantitative estimate of drug-likeness (QED) is 0.181. The molecule has 0 spiro atoms. The second-order valence-corrected chi connectivity index (χ2v) is 8.54. The van der Waals surface area contributed by atoms with Crippen LogP contribution < -0.4 is 31.2 Å². The van der Waals surface area contributed by atoms with Gasteiger partial charge in [0.15, 0.2) is 11.5 Å². The van der Waals surface area contributed by atoms with Crippen LogP contribution in [0.1, 0.15) is 22.6 Å². The molecule has 0 bridgehead atoms. The van der Waals surface area contributed by atoms with Gasteiger partial charge in [-0.15, -0.1) is 0 Å². The molecule has 2 heterocycles. The van der Waals surface area contributed by atoms with E-state index >= 15 is 0 Å². The van der Waals surface area contributed by atoms with Crippen LogP contribution in [0.3, 0.4) is 0 Å². The fourth-order valence-corrected chi connectivity index (χ4v) is 3.47. The number of carbonyl (C=O) groups is 2. The molecule has 3 aromatic rings. The van der Waals surface area contributed by atoms with Gasteiger partial charge in [0.1, 0.15) is 12.3 Å². The average Bonchev–Trinajstić information content (AvgIpc) is 2.94. The molecule has 0 saturated heterocycles. The smallest absolute Gasteiger partial charge is 0.267 e. The highest BCUT2D eigenvalue weighted by Crippen LogP contribution is 2.25. The molecule has 3 rings (SSSR count). The normalized spacial score (nSPS) is 10.6. The van der Waals surface area contributed by atoms with Crippen LogP contribution in [-0.2, 0) is 11.2 Å². The number of nitrogens with zero attached hydrogens (tertiary/aromatic N) is 5. The first kappa shape index (κ1) is 29.0. The van der Waals surface area contributed by atoms with Crippen molar-refractivity contribution in [2.45, 2.75) is 12.8 Å². The van der Waals surface area contributed by atoms with E-state index in [1.807, 2.05) is 31.3 Å². The molecule has 39 heavy (non-hydrogen) atoms. The largest absolute Gasteiger partial charge is 0.493 e. The van der Waals surface area contributed by atoms with Gasteiger partial charge in [-0.25, -0.2) is 19.9 Å². The number of nitrogens with one attached hydrogen (secondary N) is 3. The molecule has 0 saturated carbocycles. The molecule has 1 aromatic carbocycles. The number of ether oxygens (including phenoxy) is 2. The van der Waals surface area contributed by atoms with Crippen LogP contribution >= 0.6 is 0 Å². The van der Waals surface area contributed by atoms with Gasteiger partial charge >= 0.3 is 0 Å². The first-order valence-electron chi connectivity index (χ1n) is 12.6. The minimum atomic E-state index is -0.633.